The van der Waals surface area contributed by atoms with Crippen molar-refractivity contribution in [3.05, 3.63) is 79.0 Å². The van der Waals surface area contributed by atoms with Gasteiger partial charge < -0.3 is 20.9 Å². The van der Waals surface area contributed by atoms with E-state index < -0.39 is 0 Å². The standard InChI is InChI=1S/C21H23N3O.C2H7N/c1-2-3-14-22-18-8-6-17(7-9-18)21(25)23-19-10-12-20(13-11-19)24-15-4-5-16-24;1-3-2/h2-3,6-14,22H,1,4-5,15-16H2,(H,23,25);3H,1-2H3/b14-3-;. The first-order chi connectivity index (χ1) is 13.7. The van der Waals surface area contributed by atoms with E-state index in [2.05, 4.69) is 39.6 Å². The number of nitrogens with zero attached hydrogens (tertiary/aromatic N) is 1. The molecule has 0 saturated carbocycles. The SMILES string of the molecule is C=C/C=C\Nc1ccc(C(=O)Nc2ccc(N3CCCC3)cc2)cc1.CNC. The quantitative estimate of drug-likeness (QED) is 0.649. The molecule has 0 atom stereocenters. The number of hydrogen-bond acceptors (Lipinski definition) is 4. The monoisotopic (exact) mass is 378 g/mol. The van der Waals surface area contributed by atoms with E-state index in [1.807, 2.05) is 44.4 Å². The van der Waals surface area contributed by atoms with E-state index in [-0.39, 0.29) is 5.91 Å². The molecule has 0 aromatic heterocycles. The van der Waals surface area contributed by atoms with E-state index in [9.17, 15) is 4.79 Å². The molecule has 1 amide bonds. The summed E-state index contributed by atoms with van der Waals surface area (Å²) in [6.07, 6.45) is 7.82. The minimum Gasteiger partial charge on any atom is -0.372 e. The van der Waals surface area contributed by atoms with Crippen molar-refractivity contribution in [3.8, 4) is 0 Å². The maximum atomic E-state index is 12.4. The Kier molecular flexibility index (Phi) is 8.82. The molecule has 1 aliphatic heterocycles. The second-order valence-electron chi connectivity index (χ2n) is 6.51. The zero-order chi connectivity index (χ0) is 20.2. The number of allylic oxidation sites excluding steroid dienone is 2. The Morgan fingerprint density at radius 2 is 1.54 bits per heavy atom. The van der Waals surface area contributed by atoms with Crippen LogP contribution in [0.15, 0.2) is 73.5 Å². The molecule has 5 nitrogen and oxygen atoms in total. The molecule has 0 aliphatic carbocycles. The molecule has 0 unspecified atom stereocenters. The van der Waals surface area contributed by atoms with Gasteiger partial charge in [0.2, 0.25) is 0 Å². The normalized spacial score (nSPS) is 13.0. The fourth-order valence-corrected chi connectivity index (χ4v) is 2.86. The summed E-state index contributed by atoms with van der Waals surface area (Å²) in [5, 5.41) is 8.80. The molecule has 1 saturated heterocycles. The Labute approximate surface area is 168 Å². The second-order valence-corrected chi connectivity index (χ2v) is 6.51. The molecule has 1 fully saturated rings. The smallest absolute Gasteiger partial charge is 0.255 e. The van der Waals surface area contributed by atoms with Gasteiger partial charge in [0.25, 0.3) is 5.91 Å². The summed E-state index contributed by atoms with van der Waals surface area (Å²) < 4.78 is 0. The predicted molar refractivity (Wildman–Crippen MR) is 120 cm³/mol. The van der Waals surface area contributed by atoms with Crippen LogP contribution in [0.5, 0.6) is 0 Å². The van der Waals surface area contributed by atoms with E-state index in [4.69, 9.17) is 0 Å². The van der Waals surface area contributed by atoms with Gasteiger partial charge >= 0.3 is 0 Å². The Bertz CT molecular complexity index is 760. The van der Waals surface area contributed by atoms with Crippen LogP contribution in [-0.4, -0.2) is 33.1 Å². The van der Waals surface area contributed by atoms with Gasteiger partial charge in [-0.15, -0.1) is 0 Å². The molecule has 28 heavy (non-hydrogen) atoms. The van der Waals surface area contributed by atoms with Gasteiger partial charge in [0, 0.05) is 41.9 Å². The lowest BCUT2D eigenvalue weighted by Gasteiger charge is -2.17. The molecule has 0 radical (unpaired) electrons. The van der Waals surface area contributed by atoms with Crippen molar-refractivity contribution in [3.63, 3.8) is 0 Å². The first kappa shape index (κ1) is 21.3. The van der Waals surface area contributed by atoms with Crippen LogP contribution in [0.4, 0.5) is 17.1 Å². The highest BCUT2D eigenvalue weighted by Gasteiger charge is 2.12. The third kappa shape index (κ3) is 6.59. The fraction of sp³-hybridized carbons (Fsp3) is 0.261. The lowest BCUT2D eigenvalue weighted by molar-refractivity contribution is 0.102. The van der Waals surface area contributed by atoms with Crippen molar-refractivity contribution in [2.45, 2.75) is 12.8 Å². The van der Waals surface area contributed by atoms with Gasteiger partial charge in [-0.3, -0.25) is 4.79 Å². The second kappa shape index (κ2) is 11.6. The van der Waals surface area contributed by atoms with Gasteiger partial charge in [-0.2, -0.15) is 0 Å². The molecule has 0 spiro atoms. The topological polar surface area (TPSA) is 56.4 Å². The molecule has 5 heteroatoms. The molecular weight excluding hydrogens is 348 g/mol. The van der Waals surface area contributed by atoms with E-state index in [0.717, 1.165) is 24.5 Å². The lowest BCUT2D eigenvalue weighted by atomic mass is 10.2. The molecule has 1 heterocycles. The van der Waals surface area contributed by atoms with E-state index >= 15 is 0 Å². The first-order valence-corrected chi connectivity index (χ1v) is 9.57. The number of benzene rings is 2. The molecular formula is C23H30N4O. The van der Waals surface area contributed by atoms with Crippen LogP contribution in [0.2, 0.25) is 0 Å². The van der Waals surface area contributed by atoms with E-state index in [1.54, 1.807) is 24.4 Å². The maximum Gasteiger partial charge on any atom is 0.255 e. The summed E-state index contributed by atoms with van der Waals surface area (Å²) in [5.41, 5.74) is 3.58. The van der Waals surface area contributed by atoms with Crippen LogP contribution in [0.1, 0.15) is 23.2 Å². The number of rotatable bonds is 6. The van der Waals surface area contributed by atoms with Crippen molar-refractivity contribution in [2.24, 2.45) is 0 Å². The molecule has 0 bridgehead atoms. The van der Waals surface area contributed by atoms with Gasteiger partial charge in [0.15, 0.2) is 0 Å². The van der Waals surface area contributed by atoms with Gasteiger partial charge in [-0.05, 0) is 81.5 Å². The lowest BCUT2D eigenvalue weighted by Crippen LogP contribution is -2.17. The van der Waals surface area contributed by atoms with E-state index in [1.165, 1.54) is 18.5 Å². The summed E-state index contributed by atoms with van der Waals surface area (Å²) in [5.74, 6) is -0.109. The number of carbonyl (C=O) groups excluding carboxylic acids is 1. The largest absolute Gasteiger partial charge is 0.372 e. The minimum atomic E-state index is -0.109. The molecule has 2 aromatic carbocycles. The molecule has 3 N–H and O–H groups in total. The summed E-state index contributed by atoms with van der Waals surface area (Å²) in [6, 6.07) is 15.4. The van der Waals surface area contributed by atoms with Gasteiger partial charge in [-0.1, -0.05) is 12.7 Å². The Morgan fingerprint density at radius 1 is 0.964 bits per heavy atom. The maximum absolute atomic E-state index is 12.4. The van der Waals surface area contributed by atoms with Crippen molar-refractivity contribution < 1.29 is 4.79 Å². The molecule has 3 rings (SSSR count). The number of carbonyl (C=O) groups is 1. The highest BCUT2D eigenvalue weighted by Crippen LogP contribution is 2.22. The number of amides is 1. The van der Waals surface area contributed by atoms with Crippen molar-refractivity contribution in [1.82, 2.24) is 5.32 Å². The highest BCUT2D eigenvalue weighted by molar-refractivity contribution is 6.04. The summed E-state index contributed by atoms with van der Waals surface area (Å²) >= 11 is 0. The average molecular weight is 379 g/mol. The number of nitrogens with one attached hydrogen (secondary N) is 3. The first-order valence-electron chi connectivity index (χ1n) is 9.57. The predicted octanol–water partition coefficient (Wildman–Crippen LogP) is 4.49. The Balaban J connectivity index is 0.000000878. The Morgan fingerprint density at radius 3 is 2.11 bits per heavy atom. The minimum absolute atomic E-state index is 0.109. The molecule has 148 valence electrons. The van der Waals surface area contributed by atoms with Crippen LogP contribution in [-0.2, 0) is 0 Å². The number of hydrogen-bond donors (Lipinski definition) is 3. The third-order valence-corrected chi connectivity index (χ3v) is 4.23. The summed E-state index contributed by atoms with van der Waals surface area (Å²) in [7, 11) is 3.75. The van der Waals surface area contributed by atoms with Crippen LogP contribution in [0.25, 0.3) is 0 Å². The summed E-state index contributed by atoms with van der Waals surface area (Å²) in [6.45, 7) is 5.85. The van der Waals surface area contributed by atoms with Gasteiger partial charge in [0.05, 0.1) is 0 Å². The fourth-order valence-electron chi connectivity index (χ4n) is 2.86. The number of anilines is 3. The Hall–Kier alpha value is -3.05. The van der Waals surface area contributed by atoms with Crippen molar-refractivity contribution >= 4 is 23.0 Å². The third-order valence-electron chi connectivity index (χ3n) is 4.23. The van der Waals surface area contributed by atoms with E-state index in [0.29, 0.717) is 5.56 Å². The van der Waals surface area contributed by atoms with Crippen LogP contribution < -0.4 is 20.9 Å². The van der Waals surface area contributed by atoms with Gasteiger partial charge in [-0.25, -0.2) is 0 Å². The van der Waals surface area contributed by atoms with Gasteiger partial charge in [0.1, 0.15) is 0 Å². The van der Waals surface area contributed by atoms with Crippen molar-refractivity contribution in [1.29, 1.82) is 0 Å². The summed E-state index contributed by atoms with van der Waals surface area (Å²) in [4.78, 5) is 14.7. The molecule has 1 aliphatic rings. The zero-order valence-electron chi connectivity index (χ0n) is 16.7. The molecule has 2 aromatic rings. The van der Waals surface area contributed by atoms with Crippen LogP contribution in [0.3, 0.4) is 0 Å². The average Bonchev–Trinajstić information content (AvgIpc) is 3.25. The van der Waals surface area contributed by atoms with Crippen LogP contribution in [0, 0.1) is 0 Å². The van der Waals surface area contributed by atoms with Crippen molar-refractivity contribution in [2.75, 3.05) is 42.7 Å². The van der Waals surface area contributed by atoms with Crippen LogP contribution >= 0.6 is 0 Å². The zero-order valence-corrected chi connectivity index (χ0v) is 16.7. The highest BCUT2D eigenvalue weighted by atomic mass is 16.1.